The predicted octanol–water partition coefficient (Wildman–Crippen LogP) is 1.32. The summed E-state index contributed by atoms with van der Waals surface area (Å²) < 4.78 is 1.58. The Labute approximate surface area is 96.7 Å². The fourth-order valence-electron chi connectivity index (χ4n) is 1.77. The maximum absolute atomic E-state index is 11.8. The lowest BCUT2D eigenvalue weighted by Gasteiger charge is -1.99. The smallest absolute Gasteiger partial charge is 0.279 e. The Bertz CT molecular complexity index is 727. The molecule has 0 aliphatic carbocycles. The summed E-state index contributed by atoms with van der Waals surface area (Å²) >= 11 is 0. The molecular formula is C12H10N4O. The van der Waals surface area contributed by atoms with Gasteiger partial charge in [-0.2, -0.15) is 5.10 Å². The summed E-state index contributed by atoms with van der Waals surface area (Å²) in [6, 6.07) is 9.54. The number of aromatic amines is 1. The summed E-state index contributed by atoms with van der Waals surface area (Å²) in [4.78, 5) is 18.9. The summed E-state index contributed by atoms with van der Waals surface area (Å²) in [6.07, 6.45) is 1.73. The molecule has 2 heterocycles. The third kappa shape index (κ3) is 1.61. The van der Waals surface area contributed by atoms with Crippen LogP contribution in [0.5, 0.6) is 0 Å². The molecule has 3 aromatic rings. The first-order valence-electron chi connectivity index (χ1n) is 5.23. The van der Waals surface area contributed by atoms with Crippen LogP contribution in [0.15, 0.2) is 41.3 Å². The van der Waals surface area contributed by atoms with Gasteiger partial charge in [0, 0.05) is 12.6 Å². The average Bonchev–Trinajstić information content (AvgIpc) is 2.71. The minimum absolute atomic E-state index is 0.213. The monoisotopic (exact) mass is 226 g/mol. The minimum Gasteiger partial charge on any atom is -0.305 e. The van der Waals surface area contributed by atoms with Gasteiger partial charge in [0.1, 0.15) is 11.3 Å². The van der Waals surface area contributed by atoms with Crippen molar-refractivity contribution in [3.8, 4) is 11.4 Å². The third-order valence-electron chi connectivity index (χ3n) is 2.54. The highest BCUT2D eigenvalue weighted by atomic mass is 16.1. The molecule has 3 rings (SSSR count). The zero-order chi connectivity index (χ0) is 11.8. The van der Waals surface area contributed by atoms with Crippen LogP contribution in [0.25, 0.3) is 22.4 Å². The number of hydrogen-bond donors (Lipinski definition) is 1. The van der Waals surface area contributed by atoms with E-state index < -0.39 is 0 Å². The van der Waals surface area contributed by atoms with Gasteiger partial charge < -0.3 is 4.98 Å². The Hall–Kier alpha value is -2.43. The molecule has 2 aromatic heterocycles. The molecule has 0 bridgehead atoms. The summed E-state index contributed by atoms with van der Waals surface area (Å²) in [6.45, 7) is 0. The highest BCUT2D eigenvalue weighted by Crippen LogP contribution is 2.14. The van der Waals surface area contributed by atoms with E-state index in [-0.39, 0.29) is 5.56 Å². The molecule has 5 nitrogen and oxygen atoms in total. The number of aryl methyl sites for hydroxylation is 1. The molecule has 84 valence electrons. The standard InChI is InChI=1S/C12H10N4O/c1-16-7-9-10(15-16)12(17)14-11(13-9)8-5-3-2-4-6-8/h2-7H,1H3,(H,13,14,17). The molecular weight excluding hydrogens is 216 g/mol. The number of rotatable bonds is 1. The van der Waals surface area contributed by atoms with Crippen LogP contribution in [-0.4, -0.2) is 19.7 Å². The first-order valence-corrected chi connectivity index (χ1v) is 5.23. The van der Waals surface area contributed by atoms with Crippen LogP contribution in [0.1, 0.15) is 0 Å². The van der Waals surface area contributed by atoms with Crippen LogP contribution in [0.2, 0.25) is 0 Å². The summed E-state index contributed by atoms with van der Waals surface area (Å²) in [5, 5.41) is 4.06. The summed E-state index contributed by atoms with van der Waals surface area (Å²) in [5.74, 6) is 0.566. The van der Waals surface area contributed by atoms with E-state index >= 15 is 0 Å². The second-order valence-electron chi connectivity index (χ2n) is 3.82. The number of aromatic nitrogens is 4. The summed E-state index contributed by atoms with van der Waals surface area (Å²) in [5.41, 5.74) is 1.65. The fourth-order valence-corrected chi connectivity index (χ4v) is 1.77. The van der Waals surface area contributed by atoms with Crippen LogP contribution in [0.3, 0.4) is 0 Å². The fraction of sp³-hybridized carbons (Fsp3) is 0.0833. The molecule has 0 aliphatic rings. The summed E-state index contributed by atoms with van der Waals surface area (Å²) in [7, 11) is 1.77. The Balaban J connectivity index is 2.29. The molecule has 1 aromatic carbocycles. The number of H-pyrrole nitrogens is 1. The normalized spacial score (nSPS) is 10.9. The van der Waals surface area contributed by atoms with Gasteiger partial charge in [0.25, 0.3) is 5.56 Å². The highest BCUT2D eigenvalue weighted by molar-refractivity contribution is 5.74. The maximum atomic E-state index is 11.8. The van der Waals surface area contributed by atoms with Gasteiger partial charge in [-0.05, 0) is 0 Å². The predicted molar refractivity (Wildman–Crippen MR) is 64.6 cm³/mol. The van der Waals surface area contributed by atoms with Gasteiger partial charge in [0.15, 0.2) is 5.52 Å². The van der Waals surface area contributed by atoms with Crippen LogP contribution < -0.4 is 5.56 Å². The highest BCUT2D eigenvalue weighted by Gasteiger charge is 2.08. The van der Waals surface area contributed by atoms with Crippen molar-refractivity contribution in [1.29, 1.82) is 0 Å². The van der Waals surface area contributed by atoms with Gasteiger partial charge in [0.05, 0.1) is 6.20 Å². The van der Waals surface area contributed by atoms with Crippen molar-refractivity contribution in [2.45, 2.75) is 0 Å². The molecule has 0 aliphatic heterocycles. The second-order valence-corrected chi connectivity index (χ2v) is 3.82. The largest absolute Gasteiger partial charge is 0.305 e. The van der Waals surface area contributed by atoms with Crippen LogP contribution in [0, 0.1) is 0 Å². The van der Waals surface area contributed by atoms with Crippen LogP contribution in [0.4, 0.5) is 0 Å². The van der Waals surface area contributed by atoms with E-state index in [4.69, 9.17) is 0 Å². The lowest BCUT2D eigenvalue weighted by atomic mass is 10.2. The van der Waals surface area contributed by atoms with E-state index in [0.717, 1.165) is 5.56 Å². The Morgan fingerprint density at radius 3 is 2.76 bits per heavy atom. The SMILES string of the molecule is Cn1cc2nc(-c3ccccc3)[nH]c(=O)c2n1. The number of benzene rings is 1. The van der Waals surface area contributed by atoms with Crippen molar-refractivity contribution < 1.29 is 0 Å². The third-order valence-corrected chi connectivity index (χ3v) is 2.54. The zero-order valence-corrected chi connectivity index (χ0v) is 9.21. The van der Waals surface area contributed by atoms with Gasteiger partial charge in [-0.25, -0.2) is 4.98 Å². The zero-order valence-electron chi connectivity index (χ0n) is 9.21. The van der Waals surface area contributed by atoms with Crippen molar-refractivity contribution in [2.24, 2.45) is 7.05 Å². The van der Waals surface area contributed by atoms with E-state index in [1.807, 2.05) is 30.3 Å². The first kappa shape index (κ1) is 9.77. The lowest BCUT2D eigenvalue weighted by Crippen LogP contribution is -2.09. The topological polar surface area (TPSA) is 63.6 Å². The Morgan fingerprint density at radius 1 is 1.24 bits per heavy atom. The molecule has 0 saturated carbocycles. The quantitative estimate of drug-likeness (QED) is 0.680. The molecule has 5 heteroatoms. The van der Waals surface area contributed by atoms with E-state index in [9.17, 15) is 4.79 Å². The molecule has 0 saturated heterocycles. The van der Waals surface area contributed by atoms with Gasteiger partial charge >= 0.3 is 0 Å². The molecule has 1 N–H and O–H groups in total. The molecule has 17 heavy (non-hydrogen) atoms. The maximum Gasteiger partial charge on any atom is 0.279 e. The number of nitrogens with zero attached hydrogens (tertiary/aromatic N) is 3. The number of fused-ring (bicyclic) bond motifs is 1. The molecule has 0 unspecified atom stereocenters. The molecule has 0 radical (unpaired) electrons. The van der Waals surface area contributed by atoms with Gasteiger partial charge in [-0.3, -0.25) is 9.48 Å². The lowest BCUT2D eigenvalue weighted by molar-refractivity contribution is 0.778. The number of nitrogens with one attached hydrogen (secondary N) is 1. The Kier molecular flexibility index (Phi) is 2.04. The minimum atomic E-state index is -0.213. The van der Waals surface area contributed by atoms with E-state index in [0.29, 0.717) is 16.9 Å². The van der Waals surface area contributed by atoms with Gasteiger partial charge in [-0.1, -0.05) is 30.3 Å². The van der Waals surface area contributed by atoms with E-state index in [1.165, 1.54) is 0 Å². The van der Waals surface area contributed by atoms with Gasteiger partial charge in [-0.15, -0.1) is 0 Å². The van der Waals surface area contributed by atoms with Crippen LogP contribution in [-0.2, 0) is 7.05 Å². The second kappa shape index (κ2) is 3.55. The average molecular weight is 226 g/mol. The van der Waals surface area contributed by atoms with E-state index in [1.54, 1.807) is 17.9 Å². The Morgan fingerprint density at radius 2 is 2.00 bits per heavy atom. The van der Waals surface area contributed by atoms with Crippen molar-refractivity contribution in [2.75, 3.05) is 0 Å². The van der Waals surface area contributed by atoms with Crippen molar-refractivity contribution in [3.05, 3.63) is 46.9 Å². The van der Waals surface area contributed by atoms with Crippen molar-refractivity contribution >= 4 is 11.0 Å². The van der Waals surface area contributed by atoms with E-state index in [2.05, 4.69) is 15.1 Å². The van der Waals surface area contributed by atoms with Crippen molar-refractivity contribution in [1.82, 2.24) is 19.7 Å². The van der Waals surface area contributed by atoms with Crippen molar-refractivity contribution in [3.63, 3.8) is 0 Å². The molecule has 0 atom stereocenters. The number of hydrogen-bond acceptors (Lipinski definition) is 3. The van der Waals surface area contributed by atoms with Crippen LogP contribution >= 0.6 is 0 Å². The van der Waals surface area contributed by atoms with Gasteiger partial charge in [0.2, 0.25) is 0 Å². The molecule has 0 spiro atoms. The molecule has 0 amide bonds. The first-order chi connectivity index (χ1) is 8.24. The molecule has 0 fully saturated rings.